The molecule has 29 heavy (non-hydrogen) atoms. The number of anilines is 1. The van der Waals surface area contributed by atoms with Crippen LogP contribution in [-0.2, 0) is 4.79 Å². The van der Waals surface area contributed by atoms with Crippen molar-refractivity contribution in [2.75, 3.05) is 11.9 Å². The van der Waals surface area contributed by atoms with Gasteiger partial charge in [-0.2, -0.15) is 0 Å². The van der Waals surface area contributed by atoms with Crippen molar-refractivity contribution in [3.63, 3.8) is 0 Å². The van der Waals surface area contributed by atoms with Gasteiger partial charge in [-0.1, -0.05) is 49.7 Å². The van der Waals surface area contributed by atoms with Crippen LogP contribution in [0.2, 0.25) is 0 Å². The van der Waals surface area contributed by atoms with E-state index in [4.69, 9.17) is 4.74 Å². The van der Waals surface area contributed by atoms with E-state index >= 15 is 0 Å². The van der Waals surface area contributed by atoms with Gasteiger partial charge in [-0.05, 0) is 49.4 Å². The fraction of sp³-hybridized carbons (Fsp3) is 0.333. The highest BCUT2D eigenvalue weighted by Crippen LogP contribution is 2.26. The lowest BCUT2D eigenvalue weighted by Gasteiger charge is -2.12. The number of carbonyl (C=O) groups excluding carboxylic acids is 1. The smallest absolute Gasteiger partial charge is 0.226 e. The van der Waals surface area contributed by atoms with Crippen LogP contribution in [0, 0.1) is 13.8 Å². The van der Waals surface area contributed by atoms with Crippen molar-refractivity contribution in [2.45, 2.75) is 46.5 Å². The normalized spacial score (nSPS) is 10.9. The Morgan fingerprint density at radius 2 is 1.90 bits per heavy atom. The second kappa shape index (κ2) is 9.70. The first-order valence-electron chi connectivity index (χ1n) is 9.98. The van der Waals surface area contributed by atoms with Gasteiger partial charge in [0.2, 0.25) is 5.91 Å². The predicted molar refractivity (Wildman–Crippen MR) is 121 cm³/mol. The first-order chi connectivity index (χ1) is 13.9. The van der Waals surface area contributed by atoms with Crippen molar-refractivity contribution in [3.05, 3.63) is 64.5 Å². The van der Waals surface area contributed by atoms with Gasteiger partial charge in [0.1, 0.15) is 5.75 Å². The quantitative estimate of drug-likeness (QED) is 0.442. The minimum atomic E-state index is -0.0373. The number of aryl methyl sites for hydroxylation is 2. The lowest BCUT2D eigenvalue weighted by atomic mass is 9.98. The van der Waals surface area contributed by atoms with E-state index in [1.54, 1.807) is 0 Å². The number of carbonyl (C=O) groups is 1. The average Bonchev–Trinajstić information content (AvgIpc) is 3.14. The highest BCUT2D eigenvalue weighted by Gasteiger charge is 2.09. The summed E-state index contributed by atoms with van der Waals surface area (Å²) in [6, 6.07) is 14.4. The number of nitrogens with zero attached hydrogens (tertiary/aromatic N) is 1. The molecule has 4 nitrogen and oxygen atoms in total. The molecule has 0 unspecified atom stereocenters. The van der Waals surface area contributed by atoms with E-state index in [0.29, 0.717) is 30.5 Å². The average molecular weight is 409 g/mol. The number of rotatable bonds is 8. The van der Waals surface area contributed by atoms with E-state index in [1.807, 2.05) is 23.6 Å². The first-order valence-corrected chi connectivity index (χ1v) is 10.9. The van der Waals surface area contributed by atoms with E-state index in [1.165, 1.54) is 28.0 Å². The summed E-state index contributed by atoms with van der Waals surface area (Å²) in [4.78, 5) is 16.7. The molecule has 0 aliphatic carbocycles. The molecule has 3 aromatic rings. The molecule has 0 aliphatic rings. The standard InChI is InChI=1S/C24H28N2O2S/c1-16(2)21-12-11-20(14-18(21)4)28-13-5-6-23(27)26-24-25-22(15-29-24)19-9-7-17(3)8-10-19/h7-12,14-16H,5-6,13H2,1-4H3,(H,25,26,27). The second-order valence-electron chi connectivity index (χ2n) is 7.58. The molecule has 1 N–H and O–H groups in total. The maximum Gasteiger partial charge on any atom is 0.226 e. The zero-order valence-electron chi connectivity index (χ0n) is 17.5. The fourth-order valence-electron chi connectivity index (χ4n) is 3.18. The Labute approximate surface area is 177 Å². The first kappa shape index (κ1) is 21.1. The highest BCUT2D eigenvalue weighted by molar-refractivity contribution is 7.14. The molecule has 3 rings (SSSR count). The summed E-state index contributed by atoms with van der Waals surface area (Å²) in [5, 5.41) is 5.48. The number of hydrogen-bond donors (Lipinski definition) is 1. The molecule has 0 aliphatic heterocycles. The zero-order valence-corrected chi connectivity index (χ0v) is 18.3. The van der Waals surface area contributed by atoms with E-state index in [9.17, 15) is 4.79 Å². The molecular formula is C24H28N2O2S. The molecule has 0 atom stereocenters. The third kappa shape index (κ3) is 5.91. The van der Waals surface area contributed by atoms with Crippen LogP contribution >= 0.6 is 11.3 Å². The molecule has 0 saturated carbocycles. The van der Waals surface area contributed by atoms with Crippen molar-refractivity contribution in [1.29, 1.82) is 0 Å². The van der Waals surface area contributed by atoms with Crippen LogP contribution in [0.1, 0.15) is 49.3 Å². The molecule has 152 valence electrons. The second-order valence-corrected chi connectivity index (χ2v) is 8.44. The number of benzene rings is 2. The number of ether oxygens (including phenoxy) is 1. The summed E-state index contributed by atoms with van der Waals surface area (Å²) in [6.45, 7) is 9.05. The van der Waals surface area contributed by atoms with E-state index < -0.39 is 0 Å². The van der Waals surface area contributed by atoms with Gasteiger partial charge in [-0.15, -0.1) is 11.3 Å². The predicted octanol–water partition coefficient (Wildman–Crippen LogP) is 6.35. The third-order valence-electron chi connectivity index (χ3n) is 4.78. The minimum Gasteiger partial charge on any atom is -0.494 e. The zero-order chi connectivity index (χ0) is 20.8. The molecule has 0 saturated heterocycles. The van der Waals surface area contributed by atoms with Crippen molar-refractivity contribution < 1.29 is 9.53 Å². The largest absolute Gasteiger partial charge is 0.494 e. The van der Waals surface area contributed by atoms with Crippen molar-refractivity contribution in [1.82, 2.24) is 4.98 Å². The van der Waals surface area contributed by atoms with E-state index in [-0.39, 0.29) is 5.91 Å². The van der Waals surface area contributed by atoms with Crippen LogP contribution in [-0.4, -0.2) is 17.5 Å². The molecule has 1 heterocycles. The van der Waals surface area contributed by atoms with Gasteiger partial charge in [0, 0.05) is 17.4 Å². The molecule has 1 aromatic heterocycles. The molecule has 2 aromatic carbocycles. The highest BCUT2D eigenvalue weighted by atomic mass is 32.1. The van der Waals surface area contributed by atoms with Crippen LogP contribution in [0.5, 0.6) is 5.75 Å². The van der Waals surface area contributed by atoms with Crippen LogP contribution in [0.15, 0.2) is 47.8 Å². The SMILES string of the molecule is Cc1ccc(-c2csc(NC(=O)CCCOc3ccc(C(C)C)c(C)c3)n2)cc1. The Kier molecular flexibility index (Phi) is 7.04. The topological polar surface area (TPSA) is 51.2 Å². The number of aromatic nitrogens is 1. The van der Waals surface area contributed by atoms with Gasteiger partial charge in [0.25, 0.3) is 0 Å². The van der Waals surface area contributed by atoms with Crippen LogP contribution in [0.3, 0.4) is 0 Å². The number of nitrogens with one attached hydrogen (secondary N) is 1. The number of thiazole rings is 1. The Morgan fingerprint density at radius 1 is 1.14 bits per heavy atom. The molecule has 0 spiro atoms. The monoisotopic (exact) mass is 408 g/mol. The summed E-state index contributed by atoms with van der Waals surface area (Å²) in [5.41, 5.74) is 5.73. The molecule has 0 bridgehead atoms. The van der Waals surface area contributed by atoms with Gasteiger partial charge in [0.15, 0.2) is 5.13 Å². The van der Waals surface area contributed by atoms with Crippen LogP contribution < -0.4 is 10.1 Å². The molecule has 1 amide bonds. The summed E-state index contributed by atoms with van der Waals surface area (Å²) >= 11 is 1.44. The Bertz CT molecular complexity index is 961. The third-order valence-corrected chi connectivity index (χ3v) is 5.54. The number of amides is 1. The van der Waals surface area contributed by atoms with Crippen molar-refractivity contribution in [2.24, 2.45) is 0 Å². The summed E-state index contributed by atoms with van der Waals surface area (Å²) in [5.74, 6) is 1.32. The van der Waals surface area contributed by atoms with Crippen LogP contribution in [0.4, 0.5) is 5.13 Å². The molecule has 5 heteroatoms. The van der Waals surface area contributed by atoms with Gasteiger partial charge in [0.05, 0.1) is 12.3 Å². The van der Waals surface area contributed by atoms with Crippen molar-refractivity contribution in [3.8, 4) is 17.0 Å². The molecule has 0 fully saturated rings. The van der Waals surface area contributed by atoms with Gasteiger partial charge in [-0.3, -0.25) is 4.79 Å². The van der Waals surface area contributed by atoms with E-state index in [0.717, 1.165) is 17.0 Å². The van der Waals surface area contributed by atoms with Crippen LogP contribution in [0.25, 0.3) is 11.3 Å². The summed E-state index contributed by atoms with van der Waals surface area (Å²) in [7, 11) is 0. The van der Waals surface area contributed by atoms with E-state index in [2.05, 4.69) is 62.3 Å². The minimum absolute atomic E-state index is 0.0373. The Morgan fingerprint density at radius 3 is 2.59 bits per heavy atom. The maximum atomic E-state index is 12.2. The fourth-order valence-corrected chi connectivity index (χ4v) is 3.91. The number of hydrogen-bond acceptors (Lipinski definition) is 4. The lowest BCUT2D eigenvalue weighted by Crippen LogP contribution is -2.12. The summed E-state index contributed by atoms with van der Waals surface area (Å²) in [6.07, 6.45) is 1.06. The van der Waals surface area contributed by atoms with Gasteiger partial charge < -0.3 is 10.1 Å². The maximum absolute atomic E-state index is 12.2. The van der Waals surface area contributed by atoms with Gasteiger partial charge in [-0.25, -0.2) is 4.98 Å². The van der Waals surface area contributed by atoms with Crippen molar-refractivity contribution >= 4 is 22.4 Å². The molecular weight excluding hydrogens is 380 g/mol. The lowest BCUT2D eigenvalue weighted by molar-refractivity contribution is -0.116. The van der Waals surface area contributed by atoms with Gasteiger partial charge >= 0.3 is 0 Å². The molecule has 0 radical (unpaired) electrons. The Balaban J connectivity index is 1.43. The Hall–Kier alpha value is -2.66. The summed E-state index contributed by atoms with van der Waals surface area (Å²) < 4.78 is 5.80.